The van der Waals surface area contributed by atoms with Crippen LogP contribution in [0.15, 0.2) is 65.4 Å². The molecule has 1 atom stereocenters. The zero-order valence-corrected chi connectivity index (χ0v) is 32.8. The van der Waals surface area contributed by atoms with Gasteiger partial charge in [0.15, 0.2) is 0 Å². The third kappa shape index (κ3) is 13.6. The monoisotopic (exact) mass is 711 g/mol. The quantitative estimate of drug-likeness (QED) is 0.150. The van der Waals surface area contributed by atoms with Crippen LogP contribution in [0.1, 0.15) is 125 Å². The summed E-state index contributed by atoms with van der Waals surface area (Å²) >= 11 is 0. The molecule has 282 valence electrons. The molecular weight excluding hydrogens is 651 g/mol. The van der Waals surface area contributed by atoms with Crippen LogP contribution in [0.4, 0.5) is 24.5 Å². The van der Waals surface area contributed by atoms with E-state index >= 15 is 0 Å². The molecule has 0 saturated carbocycles. The number of nitrogens with one attached hydrogen (secondary N) is 3. The van der Waals surface area contributed by atoms with Gasteiger partial charge in [-0.05, 0) is 81.7 Å². The van der Waals surface area contributed by atoms with Crippen molar-refractivity contribution < 1.29 is 22.7 Å². The van der Waals surface area contributed by atoms with Crippen molar-refractivity contribution in [1.29, 1.82) is 10.7 Å². The molecule has 0 aromatic heterocycles. The molecule has 1 saturated heterocycles. The van der Waals surface area contributed by atoms with Gasteiger partial charge in [-0.2, -0.15) is 18.4 Å². The summed E-state index contributed by atoms with van der Waals surface area (Å²) in [6, 6.07) is 10.0. The van der Waals surface area contributed by atoms with E-state index in [0.29, 0.717) is 29.3 Å². The molecule has 0 radical (unpaired) electrons. The number of rotatable bonds is 12. The van der Waals surface area contributed by atoms with Gasteiger partial charge in [0.2, 0.25) is 5.91 Å². The van der Waals surface area contributed by atoms with Gasteiger partial charge >= 0.3 is 6.18 Å². The van der Waals surface area contributed by atoms with E-state index in [1.807, 2.05) is 74.4 Å². The number of unbranched alkanes of at least 4 members (excludes halogenated alkanes) is 1. The first kappa shape index (κ1) is 46.5. The van der Waals surface area contributed by atoms with Gasteiger partial charge in [0, 0.05) is 47.0 Å². The first-order valence-corrected chi connectivity index (χ1v) is 17.9. The van der Waals surface area contributed by atoms with Crippen molar-refractivity contribution in [2.45, 2.75) is 120 Å². The molecule has 1 aliphatic heterocycles. The van der Waals surface area contributed by atoms with Crippen LogP contribution in [0, 0.1) is 16.7 Å². The fourth-order valence-corrected chi connectivity index (χ4v) is 4.91. The Hall–Kier alpha value is -4.52. The zero-order chi connectivity index (χ0) is 39.5. The Morgan fingerprint density at radius 2 is 1.61 bits per heavy atom. The van der Waals surface area contributed by atoms with Crippen LogP contribution < -0.4 is 20.3 Å². The number of nitriles is 1. The van der Waals surface area contributed by atoms with Crippen LogP contribution in [0.2, 0.25) is 0 Å². The number of methoxy groups -OCH3 is 1. The van der Waals surface area contributed by atoms with E-state index in [2.05, 4.69) is 31.1 Å². The van der Waals surface area contributed by atoms with E-state index in [-0.39, 0.29) is 30.6 Å². The van der Waals surface area contributed by atoms with Gasteiger partial charge in [0.05, 0.1) is 30.3 Å². The molecule has 7 nitrogen and oxygen atoms in total. The molecule has 2 aromatic carbocycles. The van der Waals surface area contributed by atoms with E-state index in [9.17, 15) is 18.0 Å². The summed E-state index contributed by atoms with van der Waals surface area (Å²) in [5.74, 6) is 0.291. The van der Waals surface area contributed by atoms with Crippen molar-refractivity contribution in [2.24, 2.45) is 0 Å². The van der Waals surface area contributed by atoms with Crippen LogP contribution in [-0.2, 0) is 11.0 Å². The highest BCUT2D eigenvalue weighted by molar-refractivity contribution is 5.98. The van der Waals surface area contributed by atoms with Gasteiger partial charge < -0.3 is 25.7 Å². The molecular formula is C41H60F3N5O2. The van der Waals surface area contributed by atoms with Crippen molar-refractivity contribution in [3.05, 3.63) is 82.1 Å². The maximum atomic E-state index is 13.5. The average Bonchev–Trinajstić information content (AvgIpc) is 3.49. The highest BCUT2D eigenvalue weighted by atomic mass is 19.4. The Morgan fingerprint density at radius 1 is 1.00 bits per heavy atom. The molecule has 1 unspecified atom stereocenters. The smallest absolute Gasteiger partial charge is 0.417 e. The second-order valence-electron chi connectivity index (χ2n) is 11.8. The topological polar surface area (TPSA) is 101 Å². The van der Waals surface area contributed by atoms with E-state index in [0.717, 1.165) is 46.5 Å². The number of alkyl halides is 3. The lowest BCUT2D eigenvalue weighted by molar-refractivity contribution is -0.137. The van der Waals surface area contributed by atoms with Gasteiger partial charge in [0.1, 0.15) is 5.75 Å². The summed E-state index contributed by atoms with van der Waals surface area (Å²) in [7, 11) is 1.57. The number of carbonyl (C=O) groups is 1. The Labute approximate surface area is 305 Å². The minimum Gasteiger partial charge on any atom is -0.496 e. The van der Waals surface area contributed by atoms with Gasteiger partial charge in [-0.3, -0.25) is 4.79 Å². The lowest BCUT2D eigenvalue weighted by Gasteiger charge is -2.22. The fourth-order valence-electron chi connectivity index (χ4n) is 4.91. The number of nitrogens with zero attached hydrogens (tertiary/aromatic N) is 2. The average molecular weight is 712 g/mol. The number of halogens is 3. The normalized spacial score (nSPS) is 13.8. The van der Waals surface area contributed by atoms with Crippen LogP contribution in [0.3, 0.4) is 0 Å². The van der Waals surface area contributed by atoms with Crippen molar-refractivity contribution in [3.8, 4) is 11.8 Å². The van der Waals surface area contributed by atoms with Crippen LogP contribution in [-0.4, -0.2) is 31.3 Å². The molecule has 10 heteroatoms. The van der Waals surface area contributed by atoms with Crippen LogP contribution in [0.25, 0.3) is 5.70 Å². The second kappa shape index (κ2) is 23.0. The van der Waals surface area contributed by atoms with E-state index in [1.54, 1.807) is 19.2 Å². The van der Waals surface area contributed by atoms with Gasteiger partial charge in [-0.15, -0.1) is 0 Å². The summed E-state index contributed by atoms with van der Waals surface area (Å²) in [4.78, 5) is 14.2. The Balaban J connectivity index is 0.00000286. The maximum Gasteiger partial charge on any atom is 0.417 e. The van der Waals surface area contributed by atoms with E-state index < -0.39 is 17.3 Å². The second-order valence-corrected chi connectivity index (χ2v) is 11.8. The number of allylic oxidation sites excluding steroid dienone is 3. The number of hydrogen-bond acceptors (Lipinski definition) is 6. The summed E-state index contributed by atoms with van der Waals surface area (Å²) in [6.45, 7) is 26.5. The fraction of sp³-hybridized carbons (Fsp3) is 0.488. The lowest BCUT2D eigenvalue weighted by atomic mass is 10.00. The predicted octanol–water partition coefficient (Wildman–Crippen LogP) is 11.7. The lowest BCUT2D eigenvalue weighted by Crippen LogP contribution is -2.28. The minimum absolute atomic E-state index is 0.0836. The Bertz CT molecular complexity index is 1560. The van der Waals surface area contributed by atoms with Crippen molar-refractivity contribution in [1.82, 2.24) is 5.32 Å². The SMILES string of the molecule is C=C(NC(=C(C)C)c1cc(NC2CC(=O)N(c3ccc(C#N)c(C(F)(F)F)c3)C2)ccc1OC)/C(C)=C(\C)C(=N)CCC.CC.CC.CCCC. The first-order valence-electron chi connectivity index (χ1n) is 17.9. The van der Waals surface area contributed by atoms with E-state index in [1.165, 1.54) is 23.8 Å². The first-order chi connectivity index (χ1) is 24.1. The number of carbonyl (C=O) groups excluding carboxylic acids is 1. The number of hydrogen-bond donors (Lipinski definition) is 3. The molecule has 1 amide bonds. The van der Waals surface area contributed by atoms with Crippen molar-refractivity contribution in [2.75, 3.05) is 23.9 Å². The summed E-state index contributed by atoms with van der Waals surface area (Å²) in [6.07, 6.45) is -0.428. The van der Waals surface area contributed by atoms with Crippen LogP contribution >= 0.6 is 0 Å². The molecule has 0 aliphatic carbocycles. The molecule has 51 heavy (non-hydrogen) atoms. The summed E-state index contributed by atoms with van der Waals surface area (Å²) in [5.41, 5.74) is 4.72. The van der Waals surface area contributed by atoms with Gasteiger partial charge in [-0.25, -0.2) is 0 Å². The molecule has 1 aliphatic rings. The standard InChI is InChI=1S/C33H38F3N5O2.C4H10.2C2H6/c1-8-9-29(38)21(5)20(4)22(6)39-32(19(2)3)27-14-24(11-13-30(27)43-7)40-25-15-31(42)41(18-25)26-12-10-23(17-37)28(16-26)33(34,35)36;1-3-4-2;2*1-2/h10-14,16,25,38-40H,6,8-9,15,18H2,1-5,7H3;3-4H2,1-2H3;2*1-2H3/b21-20+,38-29?;;;. The minimum atomic E-state index is -4.72. The third-order valence-corrected chi connectivity index (χ3v) is 7.95. The molecule has 0 spiro atoms. The Morgan fingerprint density at radius 3 is 2.10 bits per heavy atom. The van der Waals surface area contributed by atoms with Gasteiger partial charge in [-0.1, -0.05) is 79.9 Å². The van der Waals surface area contributed by atoms with Crippen molar-refractivity contribution in [3.63, 3.8) is 0 Å². The van der Waals surface area contributed by atoms with E-state index in [4.69, 9.17) is 15.4 Å². The third-order valence-electron chi connectivity index (χ3n) is 7.95. The number of benzene rings is 2. The molecule has 1 heterocycles. The molecule has 2 aromatic rings. The number of amides is 1. The molecule has 3 N–H and O–H groups in total. The van der Waals surface area contributed by atoms with Crippen LogP contribution in [0.5, 0.6) is 5.75 Å². The van der Waals surface area contributed by atoms with Crippen molar-refractivity contribution >= 4 is 28.7 Å². The summed E-state index contributed by atoms with van der Waals surface area (Å²) < 4.78 is 46.2. The maximum absolute atomic E-state index is 13.5. The number of anilines is 2. The molecule has 1 fully saturated rings. The number of ether oxygens (including phenoxy) is 1. The molecule has 3 rings (SSSR count). The highest BCUT2D eigenvalue weighted by Crippen LogP contribution is 2.36. The predicted molar refractivity (Wildman–Crippen MR) is 208 cm³/mol. The largest absolute Gasteiger partial charge is 0.496 e. The Kier molecular flexibility index (Phi) is 21.0. The van der Waals surface area contributed by atoms with Gasteiger partial charge in [0.25, 0.3) is 0 Å². The highest BCUT2D eigenvalue weighted by Gasteiger charge is 2.36. The zero-order valence-electron chi connectivity index (χ0n) is 32.8. The summed E-state index contributed by atoms with van der Waals surface area (Å²) in [5, 5.41) is 24.2. The molecule has 0 bridgehead atoms.